The largest absolute Gasteiger partial charge is 0.465 e. The second kappa shape index (κ2) is 8.60. The highest BCUT2D eigenvalue weighted by molar-refractivity contribution is 5.77. The molecule has 1 aromatic heterocycles. The molecule has 1 aliphatic rings. The van der Waals surface area contributed by atoms with Gasteiger partial charge in [-0.25, -0.2) is 9.78 Å². The van der Waals surface area contributed by atoms with Gasteiger partial charge in [-0.15, -0.1) is 0 Å². The predicted molar refractivity (Wildman–Crippen MR) is 104 cm³/mol. The topological polar surface area (TPSA) is 85.8 Å². The molecule has 0 spiro atoms. The van der Waals surface area contributed by atoms with E-state index in [0.717, 1.165) is 12.1 Å². The third kappa shape index (κ3) is 4.81. The molecule has 2 aromatic rings. The normalized spacial score (nSPS) is 17.0. The maximum atomic E-state index is 12.7. The van der Waals surface area contributed by atoms with Gasteiger partial charge in [-0.3, -0.25) is 4.79 Å². The van der Waals surface area contributed by atoms with Crippen molar-refractivity contribution in [2.45, 2.75) is 18.6 Å². The number of piperazine rings is 1. The lowest BCUT2D eigenvalue weighted by Gasteiger charge is -2.40. The number of amides is 2. The summed E-state index contributed by atoms with van der Waals surface area (Å²) in [5.74, 6) is 0.358. The molecule has 3 rings (SSSR count). The van der Waals surface area contributed by atoms with Gasteiger partial charge in [0.25, 0.3) is 0 Å². The zero-order valence-electron chi connectivity index (χ0n) is 16.2. The first-order valence-electron chi connectivity index (χ1n) is 9.28. The van der Waals surface area contributed by atoms with Gasteiger partial charge < -0.3 is 20.2 Å². The standard InChI is InChI=1S/C20H21F3N4O3/c1-24-18(28)10-16-12-26(8-9-27(16)19(29)30)17-7-4-14(11-25-17)13-2-5-15(6-3-13)20(21,22)23/h2-7,11,16H,8-10,12H2,1H3,(H,24,28)(H,29,30). The first kappa shape index (κ1) is 21.4. The van der Waals surface area contributed by atoms with Gasteiger partial charge >= 0.3 is 12.3 Å². The number of anilines is 1. The van der Waals surface area contributed by atoms with Crippen LogP contribution in [0.15, 0.2) is 42.6 Å². The fourth-order valence-corrected chi connectivity index (χ4v) is 3.40. The summed E-state index contributed by atoms with van der Waals surface area (Å²) < 4.78 is 38.1. The Morgan fingerprint density at radius 3 is 2.33 bits per heavy atom. The Bertz CT molecular complexity index is 901. The number of pyridine rings is 1. The van der Waals surface area contributed by atoms with Crippen molar-refractivity contribution in [3.05, 3.63) is 48.2 Å². The van der Waals surface area contributed by atoms with Crippen LogP contribution in [0.3, 0.4) is 0 Å². The third-order valence-electron chi connectivity index (χ3n) is 5.05. The number of benzene rings is 1. The number of hydrogen-bond acceptors (Lipinski definition) is 4. The summed E-state index contributed by atoms with van der Waals surface area (Å²) in [6.45, 7) is 0.967. The monoisotopic (exact) mass is 422 g/mol. The lowest BCUT2D eigenvalue weighted by atomic mass is 10.1. The van der Waals surface area contributed by atoms with Crippen LogP contribution in [0.4, 0.5) is 23.8 Å². The quantitative estimate of drug-likeness (QED) is 0.791. The van der Waals surface area contributed by atoms with E-state index in [1.807, 2.05) is 4.90 Å². The minimum absolute atomic E-state index is 0.0446. The number of aromatic nitrogens is 1. The molecule has 1 unspecified atom stereocenters. The number of halogens is 3. The number of nitrogens with one attached hydrogen (secondary N) is 1. The smallest absolute Gasteiger partial charge is 0.416 e. The van der Waals surface area contributed by atoms with Crippen molar-refractivity contribution < 1.29 is 27.9 Å². The van der Waals surface area contributed by atoms with Crippen LogP contribution in [0.25, 0.3) is 11.1 Å². The SMILES string of the molecule is CNC(=O)CC1CN(c2ccc(-c3ccc(C(F)(F)F)cc3)cn2)CCN1C(=O)O. The van der Waals surface area contributed by atoms with E-state index in [0.29, 0.717) is 30.0 Å². The van der Waals surface area contributed by atoms with Gasteiger partial charge in [0, 0.05) is 44.9 Å². The summed E-state index contributed by atoms with van der Waals surface area (Å²) in [6.07, 6.45) is -3.85. The fraction of sp³-hybridized carbons (Fsp3) is 0.350. The van der Waals surface area contributed by atoms with Crippen molar-refractivity contribution in [1.82, 2.24) is 15.2 Å². The maximum absolute atomic E-state index is 12.7. The van der Waals surface area contributed by atoms with E-state index in [2.05, 4.69) is 10.3 Å². The Hall–Kier alpha value is -3.30. The van der Waals surface area contributed by atoms with Crippen molar-refractivity contribution in [3.63, 3.8) is 0 Å². The Balaban J connectivity index is 1.74. The summed E-state index contributed by atoms with van der Waals surface area (Å²) in [7, 11) is 1.50. The van der Waals surface area contributed by atoms with Gasteiger partial charge in [0.05, 0.1) is 11.6 Å². The number of carbonyl (C=O) groups is 2. The highest BCUT2D eigenvalue weighted by Gasteiger charge is 2.32. The zero-order chi connectivity index (χ0) is 21.9. The molecule has 7 nitrogen and oxygen atoms in total. The Morgan fingerprint density at radius 1 is 1.13 bits per heavy atom. The Kier molecular flexibility index (Phi) is 6.14. The number of rotatable bonds is 4. The van der Waals surface area contributed by atoms with E-state index in [1.54, 1.807) is 18.3 Å². The molecule has 0 aliphatic carbocycles. The van der Waals surface area contributed by atoms with E-state index in [9.17, 15) is 27.9 Å². The van der Waals surface area contributed by atoms with Gasteiger partial charge in [0.1, 0.15) is 5.82 Å². The van der Waals surface area contributed by atoms with Crippen molar-refractivity contribution in [2.75, 3.05) is 31.6 Å². The number of nitrogens with zero attached hydrogens (tertiary/aromatic N) is 3. The van der Waals surface area contributed by atoms with E-state index in [4.69, 9.17) is 0 Å². The molecule has 1 saturated heterocycles. The molecule has 160 valence electrons. The van der Waals surface area contributed by atoms with Crippen LogP contribution in [-0.2, 0) is 11.0 Å². The Morgan fingerprint density at radius 2 is 1.80 bits per heavy atom. The fourth-order valence-electron chi connectivity index (χ4n) is 3.40. The van der Waals surface area contributed by atoms with E-state index in [-0.39, 0.29) is 18.9 Å². The maximum Gasteiger partial charge on any atom is 0.416 e. The molecule has 1 atom stereocenters. The first-order valence-corrected chi connectivity index (χ1v) is 9.28. The molecule has 2 heterocycles. The van der Waals surface area contributed by atoms with Crippen LogP contribution in [0, 0.1) is 0 Å². The predicted octanol–water partition coefficient (Wildman–Crippen LogP) is 3.07. The molecule has 0 saturated carbocycles. The van der Waals surface area contributed by atoms with Gasteiger partial charge in [-0.05, 0) is 29.8 Å². The number of carboxylic acid groups (broad SMARTS) is 1. The lowest BCUT2D eigenvalue weighted by molar-refractivity contribution is -0.137. The molecule has 1 aliphatic heterocycles. The van der Waals surface area contributed by atoms with Crippen molar-refractivity contribution in [3.8, 4) is 11.1 Å². The van der Waals surface area contributed by atoms with Gasteiger partial charge in [0.15, 0.2) is 0 Å². The molecule has 10 heteroatoms. The van der Waals surface area contributed by atoms with Crippen LogP contribution in [0.1, 0.15) is 12.0 Å². The van der Waals surface area contributed by atoms with Gasteiger partial charge in [-0.1, -0.05) is 12.1 Å². The summed E-state index contributed by atoms with van der Waals surface area (Å²) >= 11 is 0. The van der Waals surface area contributed by atoms with Crippen molar-refractivity contribution >= 4 is 17.8 Å². The average molecular weight is 422 g/mol. The van der Waals surface area contributed by atoms with Crippen LogP contribution in [-0.4, -0.2) is 59.7 Å². The van der Waals surface area contributed by atoms with Crippen molar-refractivity contribution in [1.29, 1.82) is 0 Å². The molecule has 1 fully saturated rings. The number of alkyl halides is 3. The van der Waals surface area contributed by atoms with Gasteiger partial charge in [0.2, 0.25) is 5.91 Å². The summed E-state index contributed by atoms with van der Waals surface area (Å²) in [4.78, 5) is 30.7. The molecular weight excluding hydrogens is 401 g/mol. The van der Waals surface area contributed by atoms with E-state index in [1.165, 1.54) is 24.1 Å². The average Bonchev–Trinajstić information content (AvgIpc) is 2.73. The molecule has 2 amide bonds. The molecule has 0 bridgehead atoms. The third-order valence-corrected chi connectivity index (χ3v) is 5.05. The highest BCUT2D eigenvalue weighted by atomic mass is 19.4. The number of carbonyl (C=O) groups excluding carboxylic acids is 1. The zero-order valence-corrected chi connectivity index (χ0v) is 16.2. The molecule has 2 N–H and O–H groups in total. The van der Waals surface area contributed by atoms with Crippen LogP contribution >= 0.6 is 0 Å². The summed E-state index contributed by atoms with van der Waals surface area (Å²) in [5.41, 5.74) is 0.558. The minimum Gasteiger partial charge on any atom is -0.465 e. The van der Waals surface area contributed by atoms with Crippen LogP contribution in [0.2, 0.25) is 0 Å². The minimum atomic E-state index is -4.38. The second-order valence-corrected chi connectivity index (χ2v) is 6.93. The second-order valence-electron chi connectivity index (χ2n) is 6.93. The van der Waals surface area contributed by atoms with Crippen molar-refractivity contribution in [2.24, 2.45) is 0 Å². The molecular formula is C20H21F3N4O3. The van der Waals surface area contributed by atoms with Crippen LogP contribution < -0.4 is 10.2 Å². The highest BCUT2D eigenvalue weighted by Crippen LogP contribution is 2.31. The van der Waals surface area contributed by atoms with E-state index >= 15 is 0 Å². The number of hydrogen-bond donors (Lipinski definition) is 2. The molecule has 30 heavy (non-hydrogen) atoms. The summed E-state index contributed by atoms with van der Waals surface area (Å²) in [6, 6.07) is 7.82. The molecule has 0 radical (unpaired) electrons. The van der Waals surface area contributed by atoms with Gasteiger partial charge in [-0.2, -0.15) is 13.2 Å². The Labute approximate surface area is 171 Å². The van der Waals surface area contributed by atoms with Crippen LogP contribution in [0.5, 0.6) is 0 Å². The van der Waals surface area contributed by atoms with E-state index < -0.39 is 23.9 Å². The first-order chi connectivity index (χ1) is 14.2. The molecule has 1 aromatic carbocycles. The summed E-state index contributed by atoms with van der Waals surface area (Å²) in [5, 5.41) is 11.9. The lowest BCUT2D eigenvalue weighted by Crippen LogP contribution is -2.56.